The van der Waals surface area contributed by atoms with E-state index < -0.39 is 11.7 Å². The lowest BCUT2D eigenvalue weighted by molar-refractivity contribution is -0.137. The third-order valence-electron chi connectivity index (χ3n) is 3.89. The van der Waals surface area contributed by atoms with Gasteiger partial charge in [0.05, 0.1) is 17.9 Å². The van der Waals surface area contributed by atoms with Crippen molar-refractivity contribution in [3.8, 4) is 0 Å². The van der Waals surface area contributed by atoms with Gasteiger partial charge in [-0.05, 0) is 35.9 Å². The van der Waals surface area contributed by atoms with Crippen LogP contribution in [0.5, 0.6) is 0 Å². The van der Waals surface area contributed by atoms with Gasteiger partial charge in [-0.2, -0.15) is 13.2 Å². The largest absolute Gasteiger partial charge is 0.467 e. The summed E-state index contributed by atoms with van der Waals surface area (Å²) in [4.78, 5) is 2.14. The van der Waals surface area contributed by atoms with Gasteiger partial charge in [-0.1, -0.05) is 15.9 Å². The van der Waals surface area contributed by atoms with Crippen molar-refractivity contribution in [1.29, 1.82) is 0 Å². The molecule has 1 fully saturated rings. The lowest BCUT2D eigenvalue weighted by Crippen LogP contribution is -2.45. The highest BCUT2D eigenvalue weighted by Crippen LogP contribution is 2.37. The molecule has 1 aliphatic heterocycles. The van der Waals surface area contributed by atoms with Gasteiger partial charge in [-0.25, -0.2) is 0 Å². The summed E-state index contributed by atoms with van der Waals surface area (Å²) >= 11 is 3.20. The van der Waals surface area contributed by atoms with Gasteiger partial charge in [0.15, 0.2) is 0 Å². The van der Waals surface area contributed by atoms with Crippen molar-refractivity contribution in [2.24, 2.45) is 0 Å². The van der Waals surface area contributed by atoms with Crippen LogP contribution in [0, 0.1) is 0 Å². The molecule has 0 radical (unpaired) electrons. The predicted octanol–water partition coefficient (Wildman–Crippen LogP) is 4.06. The number of hydrogen-bond acceptors (Lipinski definition) is 3. The van der Waals surface area contributed by atoms with Crippen molar-refractivity contribution >= 4 is 15.9 Å². The van der Waals surface area contributed by atoms with E-state index in [2.05, 4.69) is 26.1 Å². The molecule has 3 rings (SSSR count). The van der Waals surface area contributed by atoms with Crippen LogP contribution in [-0.2, 0) is 6.18 Å². The molecule has 1 aromatic carbocycles. The summed E-state index contributed by atoms with van der Waals surface area (Å²) in [5.74, 6) is 0.651. The molecule has 0 spiro atoms. The fraction of sp³-hybridized carbons (Fsp3) is 0.375. The van der Waals surface area contributed by atoms with Crippen LogP contribution >= 0.6 is 15.9 Å². The third kappa shape index (κ3) is 3.79. The van der Waals surface area contributed by atoms with Crippen LogP contribution in [0.2, 0.25) is 0 Å². The average molecular weight is 389 g/mol. The Balaban J connectivity index is 2.04. The van der Waals surface area contributed by atoms with Crippen molar-refractivity contribution in [3.63, 3.8) is 0 Å². The molecule has 0 aliphatic carbocycles. The minimum absolute atomic E-state index is 0.328. The summed E-state index contributed by atoms with van der Waals surface area (Å²) in [6, 6.07) is 7.27. The first-order valence-corrected chi connectivity index (χ1v) is 8.10. The number of piperazine rings is 1. The lowest BCUT2D eigenvalue weighted by atomic mass is 9.99. The summed E-state index contributed by atoms with van der Waals surface area (Å²) in [6.07, 6.45) is -2.83. The van der Waals surface area contributed by atoms with Crippen molar-refractivity contribution in [2.75, 3.05) is 26.2 Å². The van der Waals surface area contributed by atoms with Gasteiger partial charge in [0, 0.05) is 30.7 Å². The van der Waals surface area contributed by atoms with Crippen LogP contribution in [-0.4, -0.2) is 31.1 Å². The minimum atomic E-state index is -4.38. The molecule has 0 saturated carbocycles. The van der Waals surface area contributed by atoms with Gasteiger partial charge in [0.25, 0.3) is 0 Å². The van der Waals surface area contributed by atoms with Crippen molar-refractivity contribution in [3.05, 3.63) is 58.0 Å². The van der Waals surface area contributed by atoms with E-state index in [1.54, 1.807) is 24.5 Å². The van der Waals surface area contributed by atoms with Crippen LogP contribution in [0.4, 0.5) is 13.2 Å². The Morgan fingerprint density at radius 1 is 1.17 bits per heavy atom. The number of alkyl halides is 3. The molecular weight excluding hydrogens is 373 g/mol. The molecule has 2 heterocycles. The molecule has 3 nitrogen and oxygen atoms in total. The van der Waals surface area contributed by atoms with Gasteiger partial charge in [-0.15, -0.1) is 0 Å². The Kier molecular flexibility index (Phi) is 4.79. The summed E-state index contributed by atoms with van der Waals surface area (Å²) in [7, 11) is 0. The zero-order chi connectivity index (χ0) is 16.4. The van der Waals surface area contributed by atoms with E-state index in [1.165, 1.54) is 6.07 Å². The molecule has 0 unspecified atom stereocenters. The van der Waals surface area contributed by atoms with Crippen LogP contribution in [0.25, 0.3) is 0 Å². The van der Waals surface area contributed by atoms with Gasteiger partial charge < -0.3 is 9.73 Å². The number of nitrogens with one attached hydrogen (secondary N) is 1. The number of rotatable bonds is 3. The second kappa shape index (κ2) is 6.67. The fourth-order valence-electron chi connectivity index (χ4n) is 2.88. The molecule has 1 saturated heterocycles. The summed E-state index contributed by atoms with van der Waals surface area (Å²) < 4.78 is 45.3. The van der Waals surface area contributed by atoms with E-state index in [-0.39, 0.29) is 6.04 Å². The zero-order valence-corrected chi connectivity index (χ0v) is 13.8. The minimum Gasteiger partial charge on any atom is -0.467 e. The molecule has 23 heavy (non-hydrogen) atoms. The second-order valence-corrected chi connectivity index (χ2v) is 6.39. The van der Waals surface area contributed by atoms with E-state index in [9.17, 15) is 13.2 Å². The van der Waals surface area contributed by atoms with E-state index >= 15 is 0 Å². The number of hydrogen-bond donors (Lipinski definition) is 1. The molecule has 0 amide bonds. The normalized spacial score (nSPS) is 18.1. The first-order chi connectivity index (χ1) is 10.9. The van der Waals surface area contributed by atoms with Crippen LogP contribution in [0.1, 0.15) is 22.9 Å². The quantitative estimate of drug-likeness (QED) is 0.859. The lowest BCUT2D eigenvalue weighted by Gasteiger charge is -2.34. The molecule has 7 heteroatoms. The van der Waals surface area contributed by atoms with Crippen molar-refractivity contribution in [1.82, 2.24) is 10.2 Å². The molecule has 1 aliphatic rings. The molecule has 0 bridgehead atoms. The van der Waals surface area contributed by atoms with E-state index in [1.807, 2.05) is 0 Å². The number of furan rings is 1. The Bertz CT molecular complexity index is 652. The molecular formula is C16H16BrF3N2O. The van der Waals surface area contributed by atoms with E-state index in [0.29, 0.717) is 15.8 Å². The zero-order valence-electron chi connectivity index (χ0n) is 12.2. The van der Waals surface area contributed by atoms with Crippen molar-refractivity contribution in [2.45, 2.75) is 12.2 Å². The molecule has 1 N–H and O–H groups in total. The maximum atomic E-state index is 13.1. The third-order valence-corrected chi connectivity index (χ3v) is 4.35. The van der Waals surface area contributed by atoms with Gasteiger partial charge >= 0.3 is 6.18 Å². The highest BCUT2D eigenvalue weighted by molar-refractivity contribution is 9.10. The first kappa shape index (κ1) is 16.5. The second-order valence-electron chi connectivity index (χ2n) is 5.47. The topological polar surface area (TPSA) is 28.4 Å². The maximum absolute atomic E-state index is 13.1. The summed E-state index contributed by atoms with van der Waals surface area (Å²) in [5.41, 5.74) is -0.0860. The highest BCUT2D eigenvalue weighted by atomic mass is 79.9. The SMILES string of the molecule is FC(F)(F)c1cc(Br)cc([C@H](c2ccco2)N2CCNCC2)c1. The predicted molar refractivity (Wildman–Crippen MR) is 84.1 cm³/mol. The summed E-state index contributed by atoms with van der Waals surface area (Å²) in [5, 5.41) is 3.25. The van der Waals surface area contributed by atoms with E-state index in [4.69, 9.17) is 4.42 Å². The van der Waals surface area contributed by atoms with Gasteiger partial charge in [-0.3, -0.25) is 4.90 Å². The Labute approximate surface area is 140 Å². The molecule has 124 valence electrons. The van der Waals surface area contributed by atoms with Crippen molar-refractivity contribution < 1.29 is 17.6 Å². The molecule has 2 aromatic rings. The highest BCUT2D eigenvalue weighted by Gasteiger charge is 2.33. The Morgan fingerprint density at radius 2 is 1.91 bits per heavy atom. The first-order valence-electron chi connectivity index (χ1n) is 7.31. The maximum Gasteiger partial charge on any atom is 0.416 e. The average Bonchev–Trinajstić information content (AvgIpc) is 3.01. The fourth-order valence-corrected chi connectivity index (χ4v) is 3.39. The number of benzene rings is 1. The van der Waals surface area contributed by atoms with Crippen LogP contribution < -0.4 is 5.32 Å². The van der Waals surface area contributed by atoms with E-state index in [0.717, 1.165) is 32.2 Å². The van der Waals surface area contributed by atoms with Gasteiger partial charge in [0.2, 0.25) is 0 Å². The smallest absolute Gasteiger partial charge is 0.416 e. The number of nitrogens with zero attached hydrogens (tertiary/aromatic N) is 1. The Hall–Kier alpha value is -1.31. The van der Waals surface area contributed by atoms with Crippen LogP contribution in [0.15, 0.2) is 45.5 Å². The van der Waals surface area contributed by atoms with Crippen LogP contribution in [0.3, 0.4) is 0 Å². The molecule has 1 atom stereocenters. The van der Waals surface area contributed by atoms with Gasteiger partial charge in [0.1, 0.15) is 5.76 Å². The molecule has 1 aromatic heterocycles. The monoisotopic (exact) mass is 388 g/mol. The summed E-state index contributed by atoms with van der Waals surface area (Å²) in [6.45, 7) is 3.10. The standard InChI is InChI=1S/C16H16BrF3N2O/c17-13-9-11(8-12(10-13)16(18,19)20)15(14-2-1-7-23-14)22-5-3-21-4-6-22/h1-2,7-10,15,21H,3-6H2/t15-/m1/s1. The Morgan fingerprint density at radius 3 is 2.52 bits per heavy atom. The number of halogens is 4.